The second-order valence-corrected chi connectivity index (χ2v) is 9.51. The predicted molar refractivity (Wildman–Crippen MR) is 134 cm³/mol. The van der Waals surface area contributed by atoms with Crippen molar-refractivity contribution in [2.75, 3.05) is 6.61 Å². The van der Waals surface area contributed by atoms with E-state index in [1.54, 1.807) is 11.6 Å². The number of hydrogen-bond acceptors (Lipinski definition) is 7. The number of ether oxygens (including phenoxy) is 1. The molecule has 35 heavy (non-hydrogen) atoms. The third kappa shape index (κ3) is 5.45. The molecule has 0 radical (unpaired) electrons. The lowest BCUT2D eigenvalue weighted by molar-refractivity contribution is -0.144. The number of rotatable bonds is 10. The van der Waals surface area contributed by atoms with Crippen LogP contribution in [0.3, 0.4) is 0 Å². The Morgan fingerprint density at radius 1 is 1.26 bits per heavy atom. The van der Waals surface area contributed by atoms with Crippen LogP contribution in [0.15, 0.2) is 23.0 Å². The Bertz CT molecular complexity index is 1230. The lowest BCUT2D eigenvalue weighted by atomic mass is 10.0. The monoisotopic (exact) mass is 480 g/mol. The third-order valence-electron chi connectivity index (χ3n) is 7.18. The summed E-state index contributed by atoms with van der Waals surface area (Å²) in [5.41, 5.74) is 3.83. The second kappa shape index (κ2) is 11.1. The number of pyridine rings is 1. The van der Waals surface area contributed by atoms with Gasteiger partial charge in [-0.1, -0.05) is 38.3 Å². The van der Waals surface area contributed by atoms with Crippen LogP contribution in [0.25, 0.3) is 10.9 Å². The van der Waals surface area contributed by atoms with Gasteiger partial charge in [-0.25, -0.2) is 4.68 Å². The van der Waals surface area contributed by atoms with Gasteiger partial charge in [0.1, 0.15) is 6.54 Å². The van der Waals surface area contributed by atoms with Crippen LogP contribution in [0.5, 0.6) is 0 Å². The van der Waals surface area contributed by atoms with E-state index in [4.69, 9.17) is 4.74 Å². The molecule has 1 aromatic carbocycles. The van der Waals surface area contributed by atoms with Crippen molar-refractivity contribution in [2.45, 2.75) is 91.4 Å². The van der Waals surface area contributed by atoms with Crippen molar-refractivity contribution < 1.29 is 9.53 Å². The smallest absolute Gasteiger partial charge is 0.327 e. The van der Waals surface area contributed by atoms with Crippen LogP contribution in [-0.2, 0) is 22.6 Å². The molecule has 0 unspecified atom stereocenters. The molecule has 1 atom stereocenters. The zero-order valence-corrected chi connectivity index (χ0v) is 21.2. The van der Waals surface area contributed by atoms with Gasteiger partial charge in [-0.2, -0.15) is 0 Å². The number of H-pyrrole nitrogens is 1. The van der Waals surface area contributed by atoms with Gasteiger partial charge in [0.15, 0.2) is 5.82 Å². The molecule has 0 aliphatic heterocycles. The highest BCUT2D eigenvalue weighted by atomic mass is 16.5. The maximum atomic E-state index is 13.2. The Morgan fingerprint density at radius 2 is 2.03 bits per heavy atom. The summed E-state index contributed by atoms with van der Waals surface area (Å²) in [6.45, 7) is 8.80. The fourth-order valence-corrected chi connectivity index (χ4v) is 5.22. The number of aromatic amines is 1. The van der Waals surface area contributed by atoms with Crippen molar-refractivity contribution in [3.05, 3.63) is 51.1 Å². The van der Waals surface area contributed by atoms with E-state index in [1.807, 2.05) is 13.0 Å². The van der Waals surface area contributed by atoms with Crippen LogP contribution < -0.4 is 5.56 Å². The summed E-state index contributed by atoms with van der Waals surface area (Å²) in [5.74, 6) is 0.288. The molecule has 0 saturated heterocycles. The average Bonchev–Trinajstić information content (AvgIpc) is 3.52. The molecule has 2 heterocycles. The lowest BCUT2D eigenvalue weighted by Crippen LogP contribution is -2.39. The number of nitrogens with one attached hydrogen (secondary N) is 1. The first-order valence-electron chi connectivity index (χ1n) is 12.7. The van der Waals surface area contributed by atoms with Crippen LogP contribution in [0.4, 0.5) is 0 Å². The van der Waals surface area contributed by atoms with Gasteiger partial charge >= 0.3 is 5.97 Å². The minimum absolute atomic E-state index is 0.0237. The number of aromatic nitrogens is 5. The number of esters is 1. The fourth-order valence-electron chi connectivity index (χ4n) is 5.22. The molecule has 1 saturated carbocycles. The van der Waals surface area contributed by atoms with Gasteiger partial charge in [0, 0.05) is 18.2 Å². The van der Waals surface area contributed by atoms with E-state index < -0.39 is 0 Å². The number of tetrazole rings is 1. The van der Waals surface area contributed by atoms with E-state index in [9.17, 15) is 9.59 Å². The number of nitrogens with zero attached hydrogens (tertiary/aromatic N) is 5. The summed E-state index contributed by atoms with van der Waals surface area (Å²) in [4.78, 5) is 30.9. The van der Waals surface area contributed by atoms with Gasteiger partial charge in [0.05, 0.1) is 18.2 Å². The Hall–Kier alpha value is -3.07. The number of fused-ring (bicyclic) bond motifs is 1. The molecule has 9 heteroatoms. The molecule has 1 aliphatic carbocycles. The maximum Gasteiger partial charge on any atom is 0.327 e. The number of aryl methyl sites for hydroxylation is 2. The minimum Gasteiger partial charge on any atom is -0.465 e. The summed E-state index contributed by atoms with van der Waals surface area (Å²) in [5, 5.41) is 13.4. The maximum absolute atomic E-state index is 13.2. The van der Waals surface area contributed by atoms with Crippen LogP contribution in [0.1, 0.15) is 80.9 Å². The van der Waals surface area contributed by atoms with Crippen LogP contribution >= 0.6 is 0 Å². The third-order valence-corrected chi connectivity index (χ3v) is 7.18. The largest absolute Gasteiger partial charge is 0.465 e. The Kier molecular flexibility index (Phi) is 7.95. The topological polar surface area (TPSA) is 106 Å². The molecule has 2 aromatic heterocycles. The van der Waals surface area contributed by atoms with Crippen molar-refractivity contribution in [3.8, 4) is 0 Å². The molecule has 3 aromatic rings. The van der Waals surface area contributed by atoms with Crippen molar-refractivity contribution in [1.29, 1.82) is 0 Å². The van der Waals surface area contributed by atoms with E-state index in [0.717, 1.165) is 53.3 Å². The number of carbonyl (C=O) groups is 1. The lowest BCUT2D eigenvalue weighted by Gasteiger charge is -2.35. The molecule has 0 amide bonds. The van der Waals surface area contributed by atoms with Crippen molar-refractivity contribution in [1.82, 2.24) is 30.1 Å². The van der Waals surface area contributed by atoms with Crippen LogP contribution in [0, 0.1) is 13.8 Å². The highest BCUT2D eigenvalue weighted by Crippen LogP contribution is 2.34. The highest BCUT2D eigenvalue weighted by molar-refractivity contribution is 5.83. The summed E-state index contributed by atoms with van der Waals surface area (Å²) >= 11 is 0. The standard InChI is InChI=1S/C26H36N6O3/c1-5-9-22(25-28-29-30-32(25)16-23(33)35-6-2)31(21-10-7-8-11-21)15-20-14-19-13-12-17(3)18(4)24(19)27-26(20)34/h12-14,21-22H,5-11,15-16H2,1-4H3,(H,27,34)/t22-/m1/s1. The molecular weight excluding hydrogens is 444 g/mol. The predicted octanol–water partition coefficient (Wildman–Crippen LogP) is 3.98. The summed E-state index contributed by atoms with van der Waals surface area (Å²) in [6, 6.07) is 6.41. The Labute approximate surface area is 205 Å². The zero-order chi connectivity index (χ0) is 24.9. The quantitative estimate of drug-likeness (QED) is 0.438. The first-order chi connectivity index (χ1) is 16.9. The number of benzene rings is 1. The second-order valence-electron chi connectivity index (χ2n) is 9.51. The summed E-state index contributed by atoms with van der Waals surface area (Å²) in [7, 11) is 0. The zero-order valence-electron chi connectivity index (χ0n) is 21.2. The van der Waals surface area contributed by atoms with Crippen molar-refractivity contribution in [2.24, 2.45) is 0 Å². The van der Waals surface area contributed by atoms with E-state index in [1.165, 1.54) is 12.8 Å². The van der Waals surface area contributed by atoms with Crippen LogP contribution in [0.2, 0.25) is 0 Å². The molecule has 0 bridgehead atoms. The van der Waals surface area contributed by atoms with Crippen molar-refractivity contribution >= 4 is 16.9 Å². The van der Waals surface area contributed by atoms with Gasteiger partial charge in [-0.05, 0) is 73.0 Å². The van der Waals surface area contributed by atoms with Gasteiger partial charge in [-0.15, -0.1) is 5.10 Å². The first kappa shape index (κ1) is 25.0. The first-order valence-corrected chi connectivity index (χ1v) is 12.7. The molecule has 1 aliphatic rings. The van der Waals surface area contributed by atoms with Gasteiger partial charge in [0.2, 0.25) is 0 Å². The average molecular weight is 481 g/mol. The molecule has 0 spiro atoms. The van der Waals surface area contributed by atoms with E-state index >= 15 is 0 Å². The van der Waals surface area contributed by atoms with E-state index in [2.05, 4.69) is 51.4 Å². The van der Waals surface area contributed by atoms with Crippen molar-refractivity contribution in [3.63, 3.8) is 0 Å². The molecule has 1 N–H and O–H groups in total. The molecule has 4 rings (SSSR count). The van der Waals surface area contributed by atoms with E-state index in [0.29, 0.717) is 25.0 Å². The normalized spacial score (nSPS) is 15.2. The summed E-state index contributed by atoms with van der Waals surface area (Å²) < 4.78 is 6.68. The molecular formula is C26H36N6O3. The Morgan fingerprint density at radius 3 is 2.74 bits per heavy atom. The minimum atomic E-state index is -0.361. The molecule has 188 valence electrons. The Balaban J connectivity index is 1.72. The molecule has 9 nitrogen and oxygen atoms in total. The van der Waals surface area contributed by atoms with Gasteiger partial charge in [-0.3, -0.25) is 14.5 Å². The highest BCUT2D eigenvalue weighted by Gasteiger charge is 2.33. The SMILES string of the molecule is CCC[C@H](c1nnnn1CC(=O)OCC)N(Cc1cc2ccc(C)c(C)c2[nH]c1=O)C1CCCC1. The van der Waals surface area contributed by atoms with Gasteiger partial charge in [0.25, 0.3) is 5.56 Å². The summed E-state index contributed by atoms with van der Waals surface area (Å²) in [6.07, 6.45) is 6.23. The van der Waals surface area contributed by atoms with Gasteiger partial charge < -0.3 is 9.72 Å². The van der Waals surface area contributed by atoms with Crippen LogP contribution in [-0.4, -0.2) is 48.7 Å². The number of carbonyl (C=O) groups excluding carboxylic acids is 1. The number of hydrogen-bond donors (Lipinski definition) is 1. The molecule has 1 fully saturated rings. The van der Waals surface area contributed by atoms with E-state index in [-0.39, 0.29) is 24.1 Å². The fraction of sp³-hybridized carbons (Fsp3) is 0.577.